The number of nitrogens with zero attached hydrogens (tertiary/aromatic N) is 1. The fourth-order valence-electron chi connectivity index (χ4n) is 2.65. The summed E-state index contributed by atoms with van der Waals surface area (Å²) in [6.45, 7) is 2.41. The van der Waals surface area contributed by atoms with Crippen LogP contribution in [-0.2, 0) is 12.4 Å². The van der Waals surface area contributed by atoms with E-state index in [-0.39, 0.29) is 14.9 Å². The summed E-state index contributed by atoms with van der Waals surface area (Å²) in [6.07, 6.45) is 0.101. The Morgan fingerprint density at radius 1 is 1.10 bits per heavy atom. The van der Waals surface area contributed by atoms with E-state index in [1.54, 1.807) is 12.1 Å². The predicted octanol–water partition coefficient (Wildman–Crippen LogP) is 1.96. The number of fused-ring (bicyclic) bond motifs is 1. The Morgan fingerprint density at radius 3 is 2.52 bits per heavy atom. The van der Waals surface area contributed by atoms with Crippen molar-refractivity contribution in [2.75, 3.05) is 26.1 Å². The minimum absolute atomic E-state index is 0.147. The van der Waals surface area contributed by atoms with Gasteiger partial charge in [0.1, 0.15) is 0 Å². The number of ether oxygens (including phenoxy) is 3. The van der Waals surface area contributed by atoms with E-state index in [9.17, 15) is 12.5 Å². The van der Waals surface area contributed by atoms with Crippen molar-refractivity contribution in [2.24, 2.45) is 0 Å². The van der Waals surface area contributed by atoms with Crippen molar-refractivity contribution in [3.63, 3.8) is 0 Å². The van der Waals surface area contributed by atoms with Crippen molar-refractivity contribution in [3.8, 4) is 11.5 Å². The predicted molar refractivity (Wildman–Crippen MR) is 107 cm³/mol. The van der Waals surface area contributed by atoms with Gasteiger partial charge < -0.3 is 0 Å². The number of carbonyl (C=O) groups is 1. The topological polar surface area (TPSA) is 120 Å². The normalized spacial score (nSPS) is 11.3. The van der Waals surface area contributed by atoms with Crippen LogP contribution < -0.4 is 23.7 Å². The van der Waals surface area contributed by atoms with E-state index in [0.29, 0.717) is 29.1 Å². The van der Waals surface area contributed by atoms with E-state index in [1.165, 1.54) is 38.5 Å². The summed E-state index contributed by atoms with van der Waals surface area (Å²) in [5, 5.41) is 2.41. The maximum atomic E-state index is 13.2. The number of hydrogen-bond donors (Lipinski definition) is 2. The van der Waals surface area contributed by atoms with Crippen LogP contribution in [0.1, 0.15) is 13.3 Å². The summed E-state index contributed by atoms with van der Waals surface area (Å²) < 4.78 is 42.1. The molecule has 0 fully saturated rings. The number of hydrogen-bond acceptors (Lipinski definition) is 7. The fourth-order valence-corrected chi connectivity index (χ4v) is 5.38. The average molecular weight is 466 g/mol. The van der Waals surface area contributed by atoms with Gasteiger partial charge in [0.25, 0.3) is 0 Å². The van der Waals surface area contributed by atoms with E-state index in [0.717, 1.165) is 6.42 Å². The fraction of sp³-hybridized carbons (Fsp3) is 0.263. The van der Waals surface area contributed by atoms with Gasteiger partial charge >= 0.3 is 169 Å². The first kappa shape index (κ1) is 20.6. The molecule has 0 aliphatic rings. The Hall–Kier alpha value is -3.10. The zero-order chi connectivity index (χ0) is 21.0. The number of methoxy groups -OCH3 is 2. The quantitative estimate of drug-likeness (QED) is 0.511. The maximum absolute atomic E-state index is 13.2. The zero-order valence-electron chi connectivity index (χ0n) is 16.2. The summed E-state index contributed by atoms with van der Waals surface area (Å²) in [7, 11) is 2.74. The van der Waals surface area contributed by atoms with Gasteiger partial charge in [-0.1, -0.05) is 0 Å². The summed E-state index contributed by atoms with van der Waals surface area (Å²) in [5.41, 5.74) is 0.979. The van der Waals surface area contributed by atoms with E-state index >= 15 is 0 Å². The van der Waals surface area contributed by atoms with Crippen LogP contribution in [0, 0.1) is 0 Å². The minimum atomic E-state index is -4.72. The van der Waals surface area contributed by atoms with Gasteiger partial charge in [-0.25, -0.2) is 0 Å². The Balaban J connectivity index is 1.98. The molecule has 2 aromatic carbocycles. The molecular weight excluding hydrogens is 445 g/mol. The summed E-state index contributed by atoms with van der Waals surface area (Å²) in [4.78, 5) is 18.4. The monoisotopic (exact) mass is 467 g/mol. The van der Waals surface area contributed by atoms with Gasteiger partial charge in [-0.15, -0.1) is 0 Å². The molecule has 0 atom stereocenters. The molecule has 2 N–H and O–H groups in total. The van der Waals surface area contributed by atoms with E-state index in [4.69, 9.17) is 9.47 Å². The number of imidazole rings is 1. The zero-order valence-corrected chi connectivity index (χ0v) is 17.9. The van der Waals surface area contributed by atoms with E-state index in [1.807, 2.05) is 6.92 Å². The Kier molecular flexibility index (Phi) is 6.05. The van der Waals surface area contributed by atoms with Crippen LogP contribution in [0.15, 0.2) is 36.4 Å². The van der Waals surface area contributed by atoms with Gasteiger partial charge in [0.2, 0.25) is 0 Å². The molecule has 0 bridgehead atoms. The molecular formula is C19H21N3O6Se. The van der Waals surface area contributed by atoms with Gasteiger partial charge in [0.15, 0.2) is 0 Å². The molecule has 0 saturated carbocycles. The molecule has 1 aromatic heterocycles. The molecule has 0 saturated heterocycles. The molecule has 0 aliphatic carbocycles. The van der Waals surface area contributed by atoms with Crippen molar-refractivity contribution in [1.82, 2.24) is 9.97 Å². The molecule has 9 nitrogen and oxygen atoms in total. The number of nitrogens with one attached hydrogen (secondary N) is 2. The van der Waals surface area contributed by atoms with Crippen LogP contribution >= 0.6 is 0 Å². The van der Waals surface area contributed by atoms with Crippen LogP contribution in [0.5, 0.6) is 11.5 Å². The third kappa shape index (κ3) is 4.33. The molecule has 0 aliphatic heterocycles. The molecule has 0 unspecified atom stereocenters. The SMILES string of the molecule is CCCOc1cc([Se](=O)(=O)c2ccc3nc(NC(=O)OC)[nH]c3c2)ccc1OC. The van der Waals surface area contributed by atoms with Crippen molar-refractivity contribution in [1.29, 1.82) is 0 Å². The van der Waals surface area contributed by atoms with E-state index < -0.39 is 18.8 Å². The third-order valence-electron chi connectivity index (χ3n) is 4.08. The molecule has 1 amide bonds. The van der Waals surface area contributed by atoms with Gasteiger partial charge in [-0.2, -0.15) is 0 Å². The molecule has 0 spiro atoms. The molecule has 154 valence electrons. The van der Waals surface area contributed by atoms with E-state index in [2.05, 4.69) is 20.0 Å². The van der Waals surface area contributed by atoms with Crippen LogP contribution in [-0.4, -0.2) is 49.6 Å². The molecule has 29 heavy (non-hydrogen) atoms. The van der Waals surface area contributed by atoms with Gasteiger partial charge in [0, 0.05) is 0 Å². The van der Waals surface area contributed by atoms with Gasteiger partial charge in [-0.05, 0) is 0 Å². The molecule has 3 aromatic rings. The summed E-state index contributed by atoms with van der Waals surface area (Å²) in [6, 6.07) is 9.11. The van der Waals surface area contributed by atoms with Crippen molar-refractivity contribution in [3.05, 3.63) is 36.4 Å². The summed E-state index contributed by atoms with van der Waals surface area (Å²) >= 11 is -4.72. The van der Waals surface area contributed by atoms with Crippen molar-refractivity contribution < 1.29 is 26.7 Å². The first-order chi connectivity index (χ1) is 13.9. The number of rotatable bonds is 7. The van der Waals surface area contributed by atoms with Crippen LogP contribution in [0.4, 0.5) is 10.7 Å². The number of aromatic amines is 1. The molecule has 1 heterocycles. The molecule has 10 heteroatoms. The number of anilines is 1. The second-order valence-electron chi connectivity index (χ2n) is 6.05. The number of benzene rings is 2. The first-order valence-corrected chi connectivity index (χ1v) is 11.9. The first-order valence-electron chi connectivity index (χ1n) is 8.79. The Labute approximate surface area is 169 Å². The van der Waals surface area contributed by atoms with Crippen LogP contribution in [0.25, 0.3) is 11.0 Å². The number of amides is 1. The number of aromatic nitrogens is 2. The van der Waals surface area contributed by atoms with Crippen LogP contribution in [0.3, 0.4) is 0 Å². The van der Waals surface area contributed by atoms with Crippen molar-refractivity contribution >= 4 is 44.7 Å². The molecule has 0 radical (unpaired) electrons. The Bertz CT molecular complexity index is 1140. The average Bonchev–Trinajstić information content (AvgIpc) is 3.13. The third-order valence-corrected chi connectivity index (χ3v) is 7.75. The van der Waals surface area contributed by atoms with Gasteiger partial charge in [-0.3, -0.25) is 0 Å². The molecule has 3 rings (SSSR count). The summed E-state index contributed by atoms with van der Waals surface area (Å²) in [5.74, 6) is 1.01. The second-order valence-corrected chi connectivity index (χ2v) is 10.1. The number of carbonyl (C=O) groups excluding carboxylic acids is 1. The van der Waals surface area contributed by atoms with Crippen LogP contribution in [0.2, 0.25) is 0 Å². The second kappa shape index (κ2) is 8.50. The van der Waals surface area contributed by atoms with Gasteiger partial charge in [0.05, 0.1) is 0 Å². The number of H-pyrrole nitrogens is 1. The van der Waals surface area contributed by atoms with Crippen molar-refractivity contribution in [2.45, 2.75) is 13.3 Å². The Morgan fingerprint density at radius 2 is 1.83 bits per heavy atom. The standard InChI is InChI=1S/C19H21N3O6Se/c1-4-9-28-17-11-13(6-8-16(17)26-2)29(24,25)12-5-7-14-15(10-12)21-18(20-14)22-19(23)27-3/h5-8,10-11H,4,9H2,1-3H3,(H2,20,21,22,23).